The number of amides is 1. The second-order valence-electron chi connectivity index (χ2n) is 10.0. The summed E-state index contributed by atoms with van der Waals surface area (Å²) in [5.74, 6) is 1.36. The number of ether oxygens (including phenoxy) is 1. The molecule has 2 aromatic rings. The van der Waals surface area contributed by atoms with E-state index in [1.807, 2.05) is 36.1 Å². The molecule has 0 saturated carbocycles. The van der Waals surface area contributed by atoms with E-state index in [1.165, 1.54) is 11.1 Å². The highest BCUT2D eigenvalue weighted by Crippen LogP contribution is 2.41. The smallest absolute Gasteiger partial charge is 0.253 e. The zero-order valence-electron chi connectivity index (χ0n) is 20.9. The van der Waals surface area contributed by atoms with Crippen LogP contribution in [0, 0.1) is 12.3 Å². The van der Waals surface area contributed by atoms with E-state index < -0.39 is 0 Å². The van der Waals surface area contributed by atoms with Gasteiger partial charge in [-0.25, -0.2) is 0 Å². The maximum Gasteiger partial charge on any atom is 0.253 e. The summed E-state index contributed by atoms with van der Waals surface area (Å²) in [4.78, 5) is 17.3. The van der Waals surface area contributed by atoms with E-state index in [0.717, 1.165) is 67.6 Å². The molecule has 1 spiro atoms. The SMILES string of the molecule is CCOc1ccc(C(=O)N2CCC3(CC2)CCN(C(=S)Nc2c(C)cccc2C(C)C)C3)cc1. The van der Waals surface area contributed by atoms with Crippen molar-refractivity contribution in [3.63, 3.8) is 0 Å². The topological polar surface area (TPSA) is 44.8 Å². The zero-order chi connectivity index (χ0) is 24.3. The molecule has 34 heavy (non-hydrogen) atoms. The predicted molar refractivity (Wildman–Crippen MR) is 143 cm³/mol. The fraction of sp³-hybridized carbons (Fsp3) is 0.500. The summed E-state index contributed by atoms with van der Waals surface area (Å²) in [7, 11) is 0. The minimum atomic E-state index is 0.116. The van der Waals surface area contributed by atoms with E-state index in [9.17, 15) is 4.79 Å². The monoisotopic (exact) mass is 479 g/mol. The minimum absolute atomic E-state index is 0.116. The van der Waals surface area contributed by atoms with Gasteiger partial charge in [0, 0.05) is 37.4 Å². The fourth-order valence-corrected chi connectivity index (χ4v) is 5.53. The van der Waals surface area contributed by atoms with E-state index in [-0.39, 0.29) is 11.3 Å². The average Bonchev–Trinajstić information content (AvgIpc) is 3.24. The van der Waals surface area contributed by atoms with E-state index in [2.05, 4.69) is 49.2 Å². The van der Waals surface area contributed by atoms with Crippen molar-refractivity contribution >= 4 is 28.9 Å². The lowest BCUT2D eigenvalue weighted by Crippen LogP contribution is -2.45. The van der Waals surface area contributed by atoms with E-state index in [0.29, 0.717) is 12.5 Å². The maximum atomic E-state index is 13.0. The standard InChI is InChI=1S/C28H37N3O2S/c1-5-33-23-11-9-22(10-12-23)26(32)30-16-13-28(14-17-30)15-18-31(19-28)27(34)29-25-21(4)7-6-8-24(25)20(2)3/h6-12,20H,5,13-19H2,1-4H3,(H,29,34). The molecule has 0 aliphatic carbocycles. The van der Waals surface area contributed by atoms with Gasteiger partial charge in [-0.3, -0.25) is 4.79 Å². The molecule has 0 aromatic heterocycles. The van der Waals surface area contributed by atoms with Gasteiger partial charge in [0.05, 0.1) is 6.61 Å². The number of benzene rings is 2. The van der Waals surface area contributed by atoms with Crippen LogP contribution in [0.2, 0.25) is 0 Å². The van der Waals surface area contributed by atoms with Gasteiger partial charge in [0.15, 0.2) is 5.11 Å². The molecule has 4 rings (SSSR count). The average molecular weight is 480 g/mol. The molecule has 6 heteroatoms. The first-order chi connectivity index (χ1) is 16.3. The molecule has 182 valence electrons. The molecule has 1 amide bonds. The predicted octanol–water partition coefficient (Wildman–Crippen LogP) is 5.84. The second-order valence-corrected chi connectivity index (χ2v) is 10.4. The van der Waals surface area contributed by atoms with Gasteiger partial charge in [-0.2, -0.15) is 0 Å². The molecule has 2 saturated heterocycles. The summed E-state index contributed by atoms with van der Waals surface area (Å²) >= 11 is 5.85. The first kappa shape index (κ1) is 24.5. The van der Waals surface area contributed by atoms with Crippen LogP contribution in [-0.4, -0.2) is 53.6 Å². The second kappa shape index (κ2) is 10.3. The largest absolute Gasteiger partial charge is 0.494 e. The Morgan fingerprint density at radius 1 is 1.06 bits per heavy atom. The number of anilines is 1. The lowest BCUT2D eigenvalue weighted by Gasteiger charge is -2.39. The summed E-state index contributed by atoms with van der Waals surface area (Å²) in [6, 6.07) is 13.9. The Morgan fingerprint density at radius 3 is 2.32 bits per heavy atom. The van der Waals surface area contributed by atoms with Crippen LogP contribution in [0.3, 0.4) is 0 Å². The summed E-state index contributed by atoms with van der Waals surface area (Å²) in [5, 5.41) is 4.39. The van der Waals surface area contributed by atoms with Crippen molar-refractivity contribution in [2.24, 2.45) is 5.41 Å². The van der Waals surface area contributed by atoms with Crippen LogP contribution in [-0.2, 0) is 0 Å². The van der Waals surface area contributed by atoms with Crippen LogP contribution in [0.1, 0.15) is 67.4 Å². The summed E-state index contributed by atoms with van der Waals surface area (Å²) < 4.78 is 5.50. The van der Waals surface area contributed by atoms with Gasteiger partial charge >= 0.3 is 0 Å². The molecule has 1 N–H and O–H groups in total. The quantitative estimate of drug-likeness (QED) is 0.546. The third-order valence-electron chi connectivity index (χ3n) is 7.41. The Hall–Kier alpha value is -2.60. The molecule has 2 heterocycles. The summed E-state index contributed by atoms with van der Waals surface area (Å²) in [5.41, 5.74) is 4.66. The molecule has 2 fully saturated rings. The molecule has 2 aliphatic rings. The van der Waals surface area contributed by atoms with Gasteiger partial charge in [-0.05, 0) is 92.1 Å². The van der Waals surface area contributed by atoms with Gasteiger partial charge in [-0.1, -0.05) is 32.0 Å². The van der Waals surface area contributed by atoms with Gasteiger partial charge in [0.1, 0.15) is 5.75 Å². The number of nitrogens with one attached hydrogen (secondary N) is 1. The summed E-state index contributed by atoms with van der Waals surface area (Å²) in [6.45, 7) is 12.7. The molecule has 2 aliphatic heterocycles. The highest BCUT2D eigenvalue weighted by Gasteiger charge is 2.42. The number of piperidine rings is 1. The van der Waals surface area contributed by atoms with Crippen molar-refractivity contribution in [1.82, 2.24) is 9.80 Å². The number of carbonyl (C=O) groups excluding carboxylic acids is 1. The van der Waals surface area contributed by atoms with Crippen LogP contribution in [0.4, 0.5) is 5.69 Å². The zero-order valence-corrected chi connectivity index (χ0v) is 21.7. The number of carbonyl (C=O) groups is 1. The Kier molecular flexibility index (Phi) is 7.46. The first-order valence-electron chi connectivity index (χ1n) is 12.5. The highest BCUT2D eigenvalue weighted by molar-refractivity contribution is 7.80. The van der Waals surface area contributed by atoms with Crippen LogP contribution in [0.25, 0.3) is 0 Å². The van der Waals surface area contributed by atoms with Crippen LogP contribution in [0.15, 0.2) is 42.5 Å². The Labute approximate surface area is 209 Å². The first-order valence-corrected chi connectivity index (χ1v) is 12.9. The van der Waals surface area contributed by atoms with Gasteiger partial charge < -0.3 is 19.9 Å². The molecule has 5 nitrogen and oxygen atoms in total. The van der Waals surface area contributed by atoms with Crippen LogP contribution in [0.5, 0.6) is 5.75 Å². The van der Waals surface area contributed by atoms with Crippen molar-refractivity contribution in [3.05, 3.63) is 59.2 Å². The molecule has 0 unspecified atom stereocenters. The van der Waals surface area contributed by atoms with Crippen molar-refractivity contribution in [3.8, 4) is 5.75 Å². The minimum Gasteiger partial charge on any atom is -0.494 e. The maximum absolute atomic E-state index is 13.0. The lowest BCUT2D eigenvalue weighted by molar-refractivity contribution is 0.0599. The van der Waals surface area contributed by atoms with Gasteiger partial charge in [-0.15, -0.1) is 0 Å². The fourth-order valence-electron chi connectivity index (χ4n) is 5.27. The number of nitrogens with zero attached hydrogens (tertiary/aromatic N) is 2. The number of rotatable bonds is 5. The Balaban J connectivity index is 1.34. The lowest BCUT2D eigenvalue weighted by atomic mass is 9.77. The molecule has 0 bridgehead atoms. The number of aryl methyl sites for hydroxylation is 1. The molecule has 2 aromatic carbocycles. The third kappa shape index (κ3) is 5.22. The number of hydrogen-bond acceptors (Lipinski definition) is 3. The molecular weight excluding hydrogens is 442 g/mol. The van der Waals surface area contributed by atoms with Crippen molar-refractivity contribution in [1.29, 1.82) is 0 Å². The highest BCUT2D eigenvalue weighted by atomic mass is 32.1. The summed E-state index contributed by atoms with van der Waals surface area (Å²) in [6.07, 6.45) is 3.18. The number of hydrogen-bond donors (Lipinski definition) is 1. The Morgan fingerprint density at radius 2 is 1.71 bits per heavy atom. The van der Waals surface area contributed by atoms with Gasteiger partial charge in [0.2, 0.25) is 0 Å². The molecule has 0 radical (unpaired) electrons. The van der Waals surface area contributed by atoms with Gasteiger partial charge in [0.25, 0.3) is 5.91 Å². The Bertz CT molecular complexity index is 1030. The van der Waals surface area contributed by atoms with E-state index in [1.54, 1.807) is 0 Å². The number of thiocarbonyl (C=S) groups is 1. The molecular formula is C28H37N3O2S. The van der Waals surface area contributed by atoms with Crippen LogP contribution < -0.4 is 10.1 Å². The normalized spacial score (nSPS) is 17.3. The van der Waals surface area contributed by atoms with Crippen molar-refractivity contribution in [2.45, 2.75) is 52.9 Å². The van der Waals surface area contributed by atoms with Crippen LogP contribution >= 0.6 is 12.2 Å². The number of likely N-dealkylation sites (tertiary alicyclic amines) is 2. The van der Waals surface area contributed by atoms with E-state index in [4.69, 9.17) is 17.0 Å². The number of para-hydroxylation sites is 1. The van der Waals surface area contributed by atoms with Crippen molar-refractivity contribution < 1.29 is 9.53 Å². The third-order valence-corrected chi connectivity index (χ3v) is 7.77. The van der Waals surface area contributed by atoms with Crippen molar-refractivity contribution in [2.75, 3.05) is 38.1 Å². The molecule has 0 atom stereocenters. The van der Waals surface area contributed by atoms with E-state index >= 15 is 0 Å².